The molecule has 1 aromatic heterocycles. The van der Waals surface area contributed by atoms with Crippen molar-refractivity contribution in [2.75, 3.05) is 18.5 Å². The molecule has 0 saturated heterocycles. The lowest BCUT2D eigenvalue weighted by molar-refractivity contribution is 0.0526. The van der Waals surface area contributed by atoms with Gasteiger partial charge >= 0.3 is 5.97 Å². The zero-order chi connectivity index (χ0) is 13.0. The summed E-state index contributed by atoms with van der Waals surface area (Å²) in [5.74, 6) is 1.08. The summed E-state index contributed by atoms with van der Waals surface area (Å²) in [7, 11) is 0. The van der Waals surface area contributed by atoms with E-state index in [2.05, 4.69) is 10.3 Å². The van der Waals surface area contributed by atoms with Crippen molar-refractivity contribution in [3.8, 4) is 0 Å². The van der Waals surface area contributed by atoms with Gasteiger partial charge in [-0.15, -0.1) is 0 Å². The van der Waals surface area contributed by atoms with Crippen LogP contribution in [0.1, 0.15) is 30.1 Å². The van der Waals surface area contributed by atoms with Crippen LogP contribution in [0.15, 0.2) is 18.3 Å². The van der Waals surface area contributed by atoms with Gasteiger partial charge in [-0.25, -0.2) is 9.78 Å². The summed E-state index contributed by atoms with van der Waals surface area (Å²) < 4.78 is 4.90. The van der Waals surface area contributed by atoms with Crippen LogP contribution < -0.4 is 11.1 Å². The summed E-state index contributed by atoms with van der Waals surface area (Å²) >= 11 is 0. The maximum absolute atomic E-state index is 11.4. The van der Waals surface area contributed by atoms with E-state index in [9.17, 15) is 4.79 Å². The van der Waals surface area contributed by atoms with E-state index >= 15 is 0 Å². The average molecular weight is 249 g/mol. The fourth-order valence-corrected chi connectivity index (χ4v) is 1.87. The minimum Gasteiger partial charge on any atom is -0.462 e. The Hall–Kier alpha value is -1.62. The number of nitrogens with one attached hydrogen (secondary N) is 1. The van der Waals surface area contributed by atoms with Crippen LogP contribution in [-0.4, -0.2) is 30.1 Å². The van der Waals surface area contributed by atoms with Gasteiger partial charge in [0.15, 0.2) is 0 Å². The van der Waals surface area contributed by atoms with Gasteiger partial charge in [-0.1, -0.05) is 0 Å². The second kappa shape index (κ2) is 5.82. The molecular weight excluding hydrogens is 230 g/mol. The predicted octanol–water partition coefficient (Wildman–Crippen LogP) is 1.41. The predicted molar refractivity (Wildman–Crippen MR) is 69.4 cm³/mol. The van der Waals surface area contributed by atoms with Crippen molar-refractivity contribution in [3.05, 3.63) is 23.9 Å². The SMILES string of the molecule is CCOC(=O)c1ccc(NC(CN)C2CC2)nc1. The Bertz CT molecular complexity index is 401. The molecule has 1 heterocycles. The molecule has 1 atom stereocenters. The van der Waals surface area contributed by atoms with Crippen LogP contribution in [-0.2, 0) is 4.74 Å². The molecule has 1 fully saturated rings. The van der Waals surface area contributed by atoms with Crippen molar-refractivity contribution in [1.29, 1.82) is 0 Å². The Morgan fingerprint density at radius 1 is 1.61 bits per heavy atom. The molecule has 0 spiro atoms. The third-order valence-corrected chi connectivity index (χ3v) is 3.05. The molecule has 3 N–H and O–H groups in total. The molecule has 18 heavy (non-hydrogen) atoms. The Kier molecular flexibility index (Phi) is 4.15. The van der Waals surface area contributed by atoms with Gasteiger partial charge in [0.05, 0.1) is 12.2 Å². The highest BCUT2D eigenvalue weighted by atomic mass is 16.5. The smallest absolute Gasteiger partial charge is 0.339 e. The number of esters is 1. The van der Waals surface area contributed by atoms with Crippen molar-refractivity contribution >= 4 is 11.8 Å². The van der Waals surface area contributed by atoms with Crippen molar-refractivity contribution in [2.24, 2.45) is 11.7 Å². The standard InChI is InChI=1S/C13H19N3O2/c1-2-18-13(17)10-5-6-12(15-8-10)16-11(7-14)9-3-4-9/h5-6,8-9,11H,2-4,7,14H2,1H3,(H,15,16). The summed E-state index contributed by atoms with van der Waals surface area (Å²) in [5, 5.41) is 3.30. The molecule has 1 unspecified atom stereocenters. The van der Waals surface area contributed by atoms with Crippen LogP contribution in [0, 0.1) is 5.92 Å². The number of rotatable bonds is 6. The van der Waals surface area contributed by atoms with Crippen LogP contribution in [0.3, 0.4) is 0 Å². The molecule has 1 aliphatic rings. The Labute approximate surface area is 107 Å². The van der Waals surface area contributed by atoms with Gasteiger partial charge in [0.25, 0.3) is 0 Å². The van der Waals surface area contributed by atoms with E-state index in [0.29, 0.717) is 24.6 Å². The highest BCUT2D eigenvalue weighted by Crippen LogP contribution is 2.33. The first-order chi connectivity index (χ1) is 8.74. The number of pyridine rings is 1. The monoisotopic (exact) mass is 249 g/mol. The van der Waals surface area contributed by atoms with Crippen LogP contribution >= 0.6 is 0 Å². The molecule has 98 valence electrons. The van der Waals surface area contributed by atoms with E-state index in [1.807, 2.05) is 0 Å². The van der Waals surface area contributed by atoms with Crippen molar-refractivity contribution in [2.45, 2.75) is 25.8 Å². The first-order valence-corrected chi connectivity index (χ1v) is 6.34. The molecule has 5 heteroatoms. The molecule has 0 aromatic carbocycles. The normalized spacial score (nSPS) is 16.1. The van der Waals surface area contributed by atoms with Crippen LogP contribution in [0.4, 0.5) is 5.82 Å². The highest BCUT2D eigenvalue weighted by Gasteiger charge is 2.30. The van der Waals surface area contributed by atoms with Crippen LogP contribution in [0.2, 0.25) is 0 Å². The van der Waals surface area contributed by atoms with Gasteiger partial charge in [0, 0.05) is 18.8 Å². The zero-order valence-corrected chi connectivity index (χ0v) is 10.6. The van der Waals surface area contributed by atoms with E-state index in [1.165, 1.54) is 19.0 Å². The number of hydrogen-bond acceptors (Lipinski definition) is 5. The zero-order valence-electron chi connectivity index (χ0n) is 10.6. The first-order valence-electron chi connectivity index (χ1n) is 6.34. The second-order valence-corrected chi connectivity index (χ2v) is 4.48. The molecule has 2 rings (SSSR count). The molecule has 5 nitrogen and oxygen atoms in total. The molecular formula is C13H19N3O2. The third kappa shape index (κ3) is 3.20. The number of nitrogens with zero attached hydrogens (tertiary/aromatic N) is 1. The maximum Gasteiger partial charge on any atom is 0.339 e. The molecule has 0 radical (unpaired) electrons. The minimum absolute atomic E-state index is 0.283. The lowest BCUT2D eigenvalue weighted by Crippen LogP contribution is -2.31. The number of ether oxygens (including phenoxy) is 1. The molecule has 0 bridgehead atoms. The van der Waals surface area contributed by atoms with Gasteiger partial charge in [0.2, 0.25) is 0 Å². The molecule has 1 aliphatic carbocycles. The van der Waals surface area contributed by atoms with E-state index in [4.69, 9.17) is 10.5 Å². The number of carbonyl (C=O) groups excluding carboxylic acids is 1. The van der Waals surface area contributed by atoms with Gasteiger partial charge in [-0.3, -0.25) is 0 Å². The first kappa shape index (κ1) is 12.8. The van der Waals surface area contributed by atoms with Crippen LogP contribution in [0.25, 0.3) is 0 Å². The Morgan fingerprint density at radius 2 is 2.39 bits per heavy atom. The molecule has 1 aromatic rings. The van der Waals surface area contributed by atoms with Gasteiger partial charge < -0.3 is 15.8 Å². The summed E-state index contributed by atoms with van der Waals surface area (Å²) in [6.07, 6.45) is 3.99. The number of carbonyl (C=O) groups is 1. The van der Waals surface area contributed by atoms with Crippen molar-refractivity contribution < 1.29 is 9.53 Å². The Morgan fingerprint density at radius 3 is 2.89 bits per heavy atom. The molecule has 1 saturated carbocycles. The second-order valence-electron chi connectivity index (χ2n) is 4.48. The summed E-state index contributed by atoms with van der Waals surface area (Å²) in [6, 6.07) is 3.79. The lowest BCUT2D eigenvalue weighted by atomic mass is 10.2. The fourth-order valence-electron chi connectivity index (χ4n) is 1.87. The lowest BCUT2D eigenvalue weighted by Gasteiger charge is -2.16. The van der Waals surface area contributed by atoms with Crippen LogP contribution in [0.5, 0.6) is 0 Å². The number of hydrogen-bond donors (Lipinski definition) is 2. The topological polar surface area (TPSA) is 77.2 Å². The van der Waals surface area contributed by atoms with E-state index in [1.54, 1.807) is 19.1 Å². The number of anilines is 1. The number of aromatic nitrogens is 1. The largest absolute Gasteiger partial charge is 0.462 e. The van der Waals surface area contributed by atoms with E-state index in [-0.39, 0.29) is 12.0 Å². The Balaban J connectivity index is 1.96. The minimum atomic E-state index is -0.339. The molecule has 0 amide bonds. The van der Waals surface area contributed by atoms with E-state index < -0.39 is 0 Å². The maximum atomic E-state index is 11.4. The van der Waals surface area contributed by atoms with E-state index in [0.717, 1.165) is 5.82 Å². The summed E-state index contributed by atoms with van der Waals surface area (Å²) in [4.78, 5) is 15.7. The quantitative estimate of drug-likeness (QED) is 0.745. The molecule has 0 aliphatic heterocycles. The van der Waals surface area contributed by atoms with Gasteiger partial charge in [0.1, 0.15) is 5.82 Å². The summed E-state index contributed by atoms with van der Waals surface area (Å²) in [5.41, 5.74) is 6.19. The van der Waals surface area contributed by atoms with Crippen molar-refractivity contribution in [3.63, 3.8) is 0 Å². The van der Waals surface area contributed by atoms with Gasteiger partial charge in [-0.05, 0) is 37.8 Å². The third-order valence-electron chi connectivity index (χ3n) is 3.05. The fraction of sp³-hybridized carbons (Fsp3) is 0.538. The van der Waals surface area contributed by atoms with Crippen molar-refractivity contribution in [1.82, 2.24) is 4.98 Å². The summed E-state index contributed by atoms with van der Waals surface area (Å²) in [6.45, 7) is 2.75. The average Bonchev–Trinajstić information content (AvgIpc) is 3.21. The highest BCUT2D eigenvalue weighted by molar-refractivity contribution is 5.89. The number of nitrogens with two attached hydrogens (primary N) is 1. The van der Waals surface area contributed by atoms with Gasteiger partial charge in [-0.2, -0.15) is 0 Å².